The van der Waals surface area contributed by atoms with E-state index in [-0.39, 0.29) is 0 Å². The van der Waals surface area contributed by atoms with E-state index in [1.54, 1.807) is 0 Å². The van der Waals surface area contributed by atoms with Crippen molar-refractivity contribution in [3.63, 3.8) is 0 Å². The minimum atomic E-state index is 0.974. The van der Waals surface area contributed by atoms with Crippen LogP contribution in [0.5, 0.6) is 0 Å². The average Bonchev–Trinajstić information content (AvgIpc) is 2.74. The monoisotopic (exact) mass is 216 g/mol. The Morgan fingerprint density at radius 1 is 1.19 bits per heavy atom. The molecule has 1 fully saturated rings. The van der Waals surface area contributed by atoms with Crippen LogP contribution >= 0.6 is 0 Å². The largest absolute Gasteiger partial charge is 0.314 e. The fourth-order valence-electron chi connectivity index (χ4n) is 2.23. The van der Waals surface area contributed by atoms with Crippen LogP contribution in [0.15, 0.2) is 24.3 Å². The number of fused-ring (bicyclic) bond motifs is 1. The molecule has 0 spiro atoms. The second-order valence-corrected chi connectivity index (χ2v) is 4.25. The molecule has 0 amide bonds. The molecule has 0 saturated carbocycles. The van der Waals surface area contributed by atoms with Crippen LogP contribution in [-0.4, -0.2) is 41.3 Å². The predicted octanol–water partition coefficient (Wildman–Crippen LogP) is 0.968. The Morgan fingerprint density at radius 3 is 2.88 bits per heavy atom. The third-order valence-corrected chi connectivity index (χ3v) is 3.13. The Hall–Kier alpha value is -1.39. The molecule has 2 heterocycles. The topological polar surface area (TPSA) is 44.0 Å². The minimum absolute atomic E-state index is 0.974. The quantitative estimate of drug-likeness (QED) is 0.786. The first-order valence-corrected chi connectivity index (χ1v) is 5.78. The van der Waals surface area contributed by atoms with E-state index in [2.05, 4.69) is 32.5 Å². The zero-order valence-electron chi connectivity index (χ0n) is 9.24. The van der Waals surface area contributed by atoms with Gasteiger partial charge in [0.1, 0.15) is 0 Å². The minimum Gasteiger partial charge on any atom is -0.314 e. The van der Waals surface area contributed by atoms with E-state index in [4.69, 9.17) is 0 Å². The van der Waals surface area contributed by atoms with Crippen LogP contribution < -0.4 is 5.32 Å². The second-order valence-electron chi connectivity index (χ2n) is 4.25. The first-order chi connectivity index (χ1) is 7.93. The van der Waals surface area contributed by atoms with Gasteiger partial charge in [0.25, 0.3) is 0 Å². The molecule has 1 aromatic heterocycles. The van der Waals surface area contributed by atoms with Gasteiger partial charge in [-0.2, -0.15) is 5.10 Å². The van der Waals surface area contributed by atoms with Crippen molar-refractivity contribution in [1.82, 2.24) is 20.4 Å². The van der Waals surface area contributed by atoms with E-state index in [1.807, 2.05) is 12.1 Å². The van der Waals surface area contributed by atoms with Gasteiger partial charge in [-0.15, -0.1) is 0 Å². The maximum Gasteiger partial charge on any atom is 0.0924 e. The van der Waals surface area contributed by atoms with Gasteiger partial charge >= 0.3 is 0 Å². The third kappa shape index (κ3) is 1.81. The number of H-pyrrole nitrogens is 1. The van der Waals surface area contributed by atoms with Crippen LogP contribution in [0.3, 0.4) is 0 Å². The Kier molecular flexibility index (Phi) is 2.60. The highest BCUT2D eigenvalue weighted by atomic mass is 15.2. The maximum atomic E-state index is 4.32. The van der Waals surface area contributed by atoms with Crippen LogP contribution in [-0.2, 0) is 6.54 Å². The lowest BCUT2D eigenvalue weighted by Crippen LogP contribution is -2.42. The Labute approximate surface area is 94.6 Å². The fraction of sp³-hybridized carbons (Fsp3) is 0.417. The fourth-order valence-corrected chi connectivity index (χ4v) is 2.23. The highest BCUT2D eigenvalue weighted by Gasteiger charge is 2.12. The normalized spacial score (nSPS) is 18.0. The molecule has 0 atom stereocenters. The van der Waals surface area contributed by atoms with Gasteiger partial charge in [-0.3, -0.25) is 10.00 Å². The highest BCUT2D eigenvalue weighted by molar-refractivity contribution is 5.81. The van der Waals surface area contributed by atoms with Gasteiger partial charge in [0.2, 0.25) is 0 Å². The van der Waals surface area contributed by atoms with Crippen molar-refractivity contribution in [2.75, 3.05) is 26.2 Å². The molecule has 16 heavy (non-hydrogen) atoms. The van der Waals surface area contributed by atoms with E-state index in [0.29, 0.717) is 0 Å². The van der Waals surface area contributed by atoms with Crippen molar-refractivity contribution in [3.05, 3.63) is 30.0 Å². The summed E-state index contributed by atoms with van der Waals surface area (Å²) in [6.07, 6.45) is 0. The molecule has 0 radical (unpaired) electrons. The molecule has 4 heteroatoms. The molecule has 1 aliphatic heterocycles. The number of benzene rings is 1. The number of aromatic nitrogens is 2. The second kappa shape index (κ2) is 4.23. The molecule has 0 unspecified atom stereocenters. The molecule has 1 aliphatic rings. The molecule has 2 N–H and O–H groups in total. The van der Waals surface area contributed by atoms with E-state index in [1.165, 1.54) is 11.1 Å². The first-order valence-electron chi connectivity index (χ1n) is 5.78. The lowest BCUT2D eigenvalue weighted by molar-refractivity contribution is 0.231. The van der Waals surface area contributed by atoms with Crippen molar-refractivity contribution in [3.8, 4) is 0 Å². The summed E-state index contributed by atoms with van der Waals surface area (Å²) < 4.78 is 0. The van der Waals surface area contributed by atoms with Gasteiger partial charge in [0, 0.05) is 38.1 Å². The zero-order chi connectivity index (χ0) is 10.8. The molecule has 2 aromatic rings. The molecule has 1 saturated heterocycles. The van der Waals surface area contributed by atoms with Crippen LogP contribution in [0.1, 0.15) is 5.69 Å². The third-order valence-electron chi connectivity index (χ3n) is 3.13. The summed E-state index contributed by atoms with van der Waals surface area (Å²) in [5.74, 6) is 0. The summed E-state index contributed by atoms with van der Waals surface area (Å²) >= 11 is 0. The smallest absolute Gasteiger partial charge is 0.0924 e. The molecule has 1 aromatic carbocycles. The van der Waals surface area contributed by atoms with Crippen molar-refractivity contribution < 1.29 is 0 Å². The summed E-state index contributed by atoms with van der Waals surface area (Å²) in [4.78, 5) is 2.45. The van der Waals surface area contributed by atoms with E-state index >= 15 is 0 Å². The zero-order valence-corrected chi connectivity index (χ0v) is 9.24. The number of aromatic amines is 1. The van der Waals surface area contributed by atoms with Gasteiger partial charge < -0.3 is 5.32 Å². The van der Waals surface area contributed by atoms with Gasteiger partial charge in [-0.1, -0.05) is 18.2 Å². The van der Waals surface area contributed by atoms with Gasteiger partial charge in [-0.25, -0.2) is 0 Å². The van der Waals surface area contributed by atoms with Crippen LogP contribution in [0.25, 0.3) is 10.9 Å². The van der Waals surface area contributed by atoms with Crippen molar-refractivity contribution >= 4 is 10.9 Å². The number of hydrogen-bond donors (Lipinski definition) is 2. The van der Waals surface area contributed by atoms with E-state index in [9.17, 15) is 0 Å². The van der Waals surface area contributed by atoms with Crippen LogP contribution in [0.2, 0.25) is 0 Å². The summed E-state index contributed by atoms with van der Waals surface area (Å²) in [6, 6.07) is 8.28. The number of nitrogens with one attached hydrogen (secondary N) is 2. The van der Waals surface area contributed by atoms with Crippen molar-refractivity contribution in [2.45, 2.75) is 6.54 Å². The highest BCUT2D eigenvalue weighted by Crippen LogP contribution is 2.16. The lowest BCUT2D eigenvalue weighted by Gasteiger charge is -2.26. The Morgan fingerprint density at radius 2 is 2.00 bits per heavy atom. The number of nitrogens with zero attached hydrogens (tertiary/aromatic N) is 2. The molecule has 0 aliphatic carbocycles. The predicted molar refractivity (Wildman–Crippen MR) is 64.2 cm³/mol. The van der Waals surface area contributed by atoms with E-state index < -0.39 is 0 Å². The molecular formula is C12H16N4. The standard InChI is InChI=1S/C12H16N4/c1-2-4-11-10(3-1)12(15-14-11)9-16-7-5-13-6-8-16/h1-4,13H,5-9H2,(H,14,15). The number of hydrogen-bond acceptors (Lipinski definition) is 3. The molecular weight excluding hydrogens is 200 g/mol. The maximum absolute atomic E-state index is 4.32. The SMILES string of the molecule is c1ccc2c(CN3CCNCC3)[nH]nc2c1. The molecule has 84 valence electrons. The average molecular weight is 216 g/mol. The lowest BCUT2D eigenvalue weighted by atomic mass is 10.2. The number of para-hydroxylation sites is 1. The summed E-state index contributed by atoms with van der Waals surface area (Å²) in [5.41, 5.74) is 2.30. The Balaban J connectivity index is 1.83. The van der Waals surface area contributed by atoms with Crippen LogP contribution in [0.4, 0.5) is 0 Å². The van der Waals surface area contributed by atoms with Gasteiger partial charge in [0.15, 0.2) is 0 Å². The van der Waals surface area contributed by atoms with Crippen LogP contribution in [0, 0.1) is 0 Å². The number of rotatable bonds is 2. The molecule has 3 rings (SSSR count). The van der Waals surface area contributed by atoms with Gasteiger partial charge in [-0.05, 0) is 6.07 Å². The Bertz CT molecular complexity index is 471. The number of piperazine rings is 1. The summed E-state index contributed by atoms with van der Waals surface area (Å²) in [7, 11) is 0. The van der Waals surface area contributed by atoms with Crippen molar-refractivity contribution in [2.24, 2.45) is 0 Å². The van der Waals surface area contributed by atoms with Gasteiger partial charge in [0.05, 0.1) is 11.2 Å². The molecule has 4 nitrogen and oxygen atoms in total. The van der Waals surface area contributed by atoms with Crippen molar-refractivity contribution in [1.29, 1.82) is 0 Å². The first kappa shape index (κ1) is 9.81. The summed E-state index contributed by atoms with van der Waals surface area (Å²) in [6.45, 7) is 5.39. The van der Waals surface area contributed by atoms with E-state index in [0.717, 1.165) is 38.2 Å². The molecule has 0 bridgehead atoms. The summed E-state index contributed by atoms with van der Waals surface area (Å²) in [5, 5.41) is 12.1.